The molecule has 1 N–H and O–H groups in total. The summed E-state index contributed by atoms with van der Waals surface area (Å²) in [6, 6.07) is 0. The molecule has 0 aromatic carbocycles. The van der Waals surface area contributed by atoms with E-state index in [-0.39, 0.29) is 6.23 Å². The van der Waals surface area contributed by atoms with Crippen molar-refractivity contribution in [3.63, 3.8) is 0 Å². The monoisotopic (exact) mass is 387 g/mol. The molecule has 0 aliphatic carbocycles. The lowest BCUT2D eigenvalue weighted by Crippen LogP contribution is -2.11. The number of rotatable bonds is 4. The van der Waals surface area contributed by atoms with Crippen LogP contribution in [0.25, 0.3) is 11.0 Å². The standard InChI is InChI=1S/C14H15BrClN3O.CH4O/c1-2-3-4-9-5-6-11(20-9)19-7-10(15)12-13(16)17-8-18-14(12)19;1-2/h2,7-9,11H,1,3-6H2;2H,1H3. The number of hydrogen-bond donors (Lipinski definition) is 1. The van der Waals surface area contributed by atoms with Gasteiger partial charge in [-0.3, -0.25) is 0 Å². The largest absolute Gasteiger partial charge is 0.400 e. The Morgan fingerprint density at radius 3 is 3.00 bits per heavy atom. The first-order valence-corrected chi connectivity index (χ1v) is 8.25. The summed E-state index contributed by atoms with van der Waals surface area (Å²) in [6.45, 7) is 3.75. The topological polar surface area (TPSA) is 60.2 Å². The van der Waals surface area contributed by atoms with Gasteiger partial charge in [0.05, 0.1) is 11.5 Å². The molecule has 22 heavy (non-hydrogen) atoms. The average Bonchev–Trinajstić information content (AvgIpc) is 3.13. The maximum absolute atomic E-state index is 7.00. The summed E-state index contributed by atoms with van der Waals surface area (Å²) in [4.78, 5) is 8.36. The van der Waals surface area contributed by atoms with Crippen LogP contribution in [-0.4, -0.2) is 32.9 Å². The summed E-state index contributed by atoms with van der Waals surface area (Å²) in [5.41, 5.74) is 0.811. The van der Waals surface area contributed by atoms with E-state index in [0.29, 0.717) is 11.3 Å². The van der Waals surface area contributed by atoms with Gasteiger partial charge in [-0.1, -0.05) is 17.7 Å². The lowest BCUT2D eigenvalue weighted by Gasteiger charge is -2.15. The molecular formula is C15H19BrClN3O2. The number of aliphatic hydroxyl groups excluding tert-OH is 1. The number of aromatic nitrogens is 3. The maximum atomic E-state index is 7.00. The number of ether oxygens (including phenoxy) is 1. The zero-order valence-corrected chi connectivity index (χ0v) is 14.7. The van der Waals surface area contributed by atoms with Crippen molar-refractivity contribution in [2.24, 2.45) is 0 Å². The summed E-state index contributed by atoms with van der Waals surface area (Å²) in [6.07, 6.45) is 9.77. The molecule has 0 radical (unpaired) electrons. The van der Waals surface area contributed by atoms with E-state index in [1.54, 1.807) is 0 Å². The van der Waals surface area contributed by atoms with Gasteiger partial charge in [0, 0.05) is 17.8 Å². The van der Waals surface area contributed by atoms with Gasteiger partial charge in [-0.2, -0.15) is 0 Å². The molecule has 7 heteroatoms. The fourth-order valence-electron chi connectivity index (χ4n) is 2.63. The first-order chi connectivity index (χ1) is 10.7. The van der Waals surface area contributed by atoms with Crippen LogP contribution in [-0.2, 0) is 4.74 Å². The molecule has 2 unspecified atom stereocenters. The van der Waals surface area contributed by atoms with E-state index in [1.807, 2.05) is 16.8 Å². The molecule has 1 saturated heterocycles. The number of fused-ring (bicyclic) bond motifs is 1. The maximum Gasteiger partial charge on any atom is 0.148 e. The smallest absolute Gasteiger partial charge is 0.148 e. The molecule has 0 saturated carbocycles. The summed E-state index contributed by atoms with van der Waals surface area (Å²) >= 11 is 9.65. The minimum absolute atomic E-state index is 0.0181. The van der Waals surface area contributed by atoms with Gasteiger partial charge in [-0.25, -0.2) is 9.97 Å². The Morgan fingerprint density at radius 2 is 2.27 bits per heavy atom. The molecule has 120 valence electrons. The molecule has 0 amide bonds. The molecule has 2 atom stereocenters. The van der Waals surface area contributed by atoms with Crippen molar-refractivity contribution < 1.29 is 9.84 Å². The second-order valence-corrected chi connectivity index (χ2v) is 6.12. The minimum atomic E-state index is 0.0181. The van der Waals surface area contributed by atoms with E-state index in [2.05, 4.69) is 32.5 Å². The molecule has 0 bridgehead atoms. The Kier molecular flexibility index (Phi) is 6.37. The van der Waals surface area contributed by atoms with Gasteiger partial charge >= 0.3 is 0 Å². The molecule has 2 aromatic heterocycles. The predicted octanol–water partition coefficient (Wildman–Crippen LogP) is 4.10. The Balaban J connectivity index is 0.000000847. The first kappa shape index (κ1) is 17.4. The van der Waals surface area contributed by atoms with Crippen LogP contribution in [0, 0.1) is 0 Å². The summed E-state index contributed by atoms with van der Waals surface area (Å²) in [5.74, 6) is 0. The number of halogens is 2. The number of allylic oxidation sites excluding steroid dienone is 1. The van der Waals surface area contributed by atoms with Crippen LogP contribution in [0.3, 0.4) is 0 Å². The Bertz CT molecular complexity index is 647. The number of nitrogens with zero attached hydrogens (tertiary/aromatic N) is 3. The van der Waals surface area contributed by atoms with Crippen molar-refractivity contribution in [3.8, 4) is 0 Å². The second kappa shape index (κ2) is 8.06. The van der Waals surface area contributed by atoms with Gasteiger partial charge in [0.1, 0.15) is 23.4 Å². The lowest BCUT2D eigenvalue weighted by atomic mass is 10.1. The van der Waals surface area contributed by atoms with Crippen molar-refractivity contribution in [3.05, 3.63) is 34.8 Å². The van der Waals surface area contributed by atoms with Crippen molar-refractivity contribution >= 4 is 38.6 Å². The number of hydrogen-bond acceptors (Lipinski definition) is 4. The van der Waals surface area contributed by atoms with Crippen LogP contribution in [0.5, 0.6) is 0 Å². The average molecular weight is 389 g/mol. The van der Waals surface area contributed by atoms with Crippen LogP contribution in [0.1, 0.15) is 31.9 Å². The van der Waals surface area contributed by atoms with E-state index in [4.69, 9.17) is 21.4 Å². The molecular weight excluding hydrogens is 370 g/mol. The molecule has 2 aromatic rings. The molecule has 5 nitrogen and oxygen atoms in total. The van der Waals surface area contributed by atoms with E-state index >= 15 is 0 Å². The van der Waals surface area contributed by atoms with E-state index in [9.17, 15) is 0 Å². The van der Waals surface area contributed by atoms with Gasteiger partial charge in [0.2, 0.25) is 0 Å². The van der Waals surface area contributed by atoms with E-state index < -0.39 is 0 Å². The van der Waals surface area contributed by atoms with Crippen molar-refractivity contribution in [1.82, 2.24) is 14.5 Å². The number of aliphatic hydroxyl groups is 1. The second-order valence-electron chi connectivity index (χ2n) is 4.90. The highest BCUT2D eigenvalue weighted by Crippen LogP contribution is 2.37. The molecule has 0 spiro atoms. The SMILES string of the molecule is C=CCCC1CCC(n2cc(Br)c3c(Cl)ncnc32)O1.CO. The first-order valence-electron chi connectivity index (χ1n) is 7.08. The normalized spacial score (nSPS) is 20.7. The molecule has 1 fully saturated rings. The fourth-order valence-corrected chi connectivity index (χ4v) is 3.56. The summed E-state index contributed by atoms with van der Waals surface area (Å²) < 4.78 is 9.04. The highest BCUT2D eigenvalue weighted by atomic mass is 79.9. The third kappa shape index (κ3) is 3.51. The zero-order valence-electron chi connectivity index (χ0n) is 12.4. The van der Waals surface area contributed by atoms with Crippen LogP contribution in [0.2, 0.25) is 5.15 Å². The van der Waals surface area contributed by atoms with Gasteiger partial charge < -0.3 is 14.4 Å². The van der Waals surface area contributed by atoms with Crippen LogP contribution in [0.4, 0.5) is 0 Å². The third-order valence-corrected chi connectivity index (χ3v) is 4.49. The molecule has 3 rings (SSSR count). The fraction of sp³-hybridized carbons (Fsp3) is 0.467. The summed E-state index contributed by atoms with van der Waals surface area (Å²) in [7, 11) is 1.00. The zero-order chi connectivity index (χ0) is 16.1. The van der Waals surface area contributed by atoms with Gasteiger partial charge in [-0.15, -0.1) is 6.58 Å². The lowest BCUT2D eigenvalue weighted by molar-refractivity contribution is 0.00144. The highest BCUT2D eigenvalue weighted by Gasteiger charge is 2.28. The minimum Gasteiger partial charge on any atom is -0.400 e. The summed E-state index contributed by atoms with van der Waals surface area (Å²) in [5, 5.41) is 8.30. The van der Waals surface area contributed by atoms with Crippen LogP contribution < -0.4 is 0 Å². The van der Waals surface area contributed by atoms with E-state index in [1.165, 1.54) is 6.33 Å². The molecule has 1 aliphatic rings. The van der Waals surface area contributed by atoms with Gasteiger partial charge in [0.15, 0.2) is 0 Å². The predicted molar refractivity (Wildman–Crippen MR) is 91.0 cm³/mol. The third-order valence-electron chi connectivity index (χ3n) is 3.60. The van der Waals surface area contributed by atoms with Gasteiger partial charge in [0.25, 0.3) is 0 Å². The Labute approximate surface area is 143 Å². The van der Waals surface area contributed by atoms with Crippen molar-refractivity contribution in [2.45, 2.75) is 38.0 Å². The molecule has 3 heterocycles. The Morgan fingerprint density at radius 1 is 1.50 bits per heavy atom. The van der Waals surface area contributed by atoms with Crippen molar-refractivity contribution in [2.75, 3.05) is 7.11 Å². The van der Waals surface area contributed by atoms with Crippen LogP contribution in [0.15, 0.2) is 29.7 Å². The highest BCUT2D eigenvalue weighted by molar-refractivity contribution is 9.10. The van der Waals surface area contributed by atoms with Gasteiger partial charge in [-0.05, 0) is 41.6 Å². The van der Waals surface area contributed by atoms with Crippen molar-refractivity contribution in [1.29, 1.82) is 0 Å². The van der Waals surface area contributed by atoms with E-state index in [0.717, 1.165) is 48.3 Å². The Hall–Kier alpha value is -0.950. The molecule has 1 aliphatic heterocycles. The quantitative estimate of drug-likeness (QED) is 0.633. The van der Waals surface area contributed by atoms with Crippen LogP contribution >= 0.6 is 27.5 Å².